The van der Waals surface area contributed by atoms with Crippen molar-refractivity contribution in [3.05, 3.63) is 23.8 Å². The van der Waals surface area contributed by atoms with Gasteiger partial charge in [-0.15, -0.1) is 0 Å². The molecule has 1 N–H and O–H groups in total. The van der Waals surface area contributed by atoms with Crippen LogP contribution in [0, 0.1) is 5.92 Å². The monoisotopic (exact) mass is 251 g/mol. The Labute approximate surface area is 110 Å². The van der Waals surface area contributed by atoms with Crippen molar-refractivity contribution in [2.45, 2.75) is 33.3 Å². The summed E-state index contributed by atoms with van der Waals surface area (Å²) in [6.45, 7) is 7.19. The van der Waals surface area contributed by atoms with Crippen molar-refractivity contribution in [1.82, 2.24) is 0 Å². The minimum atomic E-state index is -0.530. The Bertz CT molecular complexity index is 375. The highest BCUT2D eigenvalue weighted by Gasteiger charge is 2.16. The van der Waals surface area contributed by atoms with Gasteiger partial charge in [0.1, 0.15) is 5.75 Å². The van der Waals surface area contributed by atoms with E-state index in [4.69, 9.17) is 4.74 Å². The lowest BCUT2D eigenvalue weighted by Gasteiger charge is -2.25. The number of hydrogen-bond acceptors (Lipinski definition) is 3. The second-order valence-corrected chi connectivity index (χ2v) is 5.17. The summed E-state index contributed by atoms with van der Waals surface area (Å²) in [7, 11) is 3.70. The highest BCUT2D eigenvalue weighted by atomic mass is 16.5. The summed E-state index contributed by atoms with van der Waals surface area (Å²) < 4.78 is 5.34. The van der Waals surface area contributed by atoms with Gasteiger partial charge in [-0.05, 0) is 31.4 Å². The first-order chi connectivity index (χ1) is 8.47. The zero-order chi connectivity index (χ0) is 13.7. The minimum Gasteiger partial charge on any atom is -0.496 e. The third-order valence-corrected chi connectivity index (χ3v) is 3.13. The lowest BCUT2D eigenvalue weighted by molar-refractivity contribution is 0.194. The molecule has 1 atom stereocenters. The van der Waals surface area contributed by atoms with Crippen LogP contribution >= 0.6 is 0 Å². The maximum absolute atomic E-state index is 9.94. The van der Waals surface area contributed by atoms with Gasteiger partial charge in [0.05, 0.1) is 13.2 Å². The number of benzene rings is 1. The van der Waals surface area contributed by atoms with Crippen LogP contribution in [0.15, 0.2) is 18.2 Å². The first kappa shape index (κ1) is 14.8. The molecule has 0 heterocycles. The standard InChI is InChI=1S/C15H25NO2/c1-11(2)9-10-16(4)13-7-6-8-14(18-5)15(13)12(3)17/h6-8,11-12,17H,9-10H2,1-5H3/t12-/m1/s1. The molecule has 0 bridgehead atoms. The zero-order valence-electron chi connectivity index (χ0n) is 12.1. The summed E-state index contributed by atoms with van der Waals surface area (Å²) in [6, 6.07) is 5.89. The van der Waals surface area contributed by atoms with E-state index >= 15 is 0 Å². The molecule has 0 aliphatic carbocycles. The van der Waals surface area contributed by atoms with Crippen LogP contribution in [0.3, 0.4) is 0 Å². The molecule has 18 heavy (non-hydrogen) atoms. The van der Waals surface area contributed by atoms with Crippen molar-refractivity contribution in [3.8, 4) is 5.75 Å². The third-order valence-electron chi connectivity index (χ3n) is 3.13. The number of rotatable bonds is 6. The number of anilines is 1. The van der Waals surface area contributed by atoms with Gasteiger partial charge in [-0.3, -0.25) is 0 Å². The molecule has 0 saturated heterocycles. The highest BCUT2D eigenvalue weighted by Crippen LogP contribution is 2.34. The summed E-state index contributed by atoms with van der Waals surface area (Å²) in [5, 5.41) is 9.94. The Kier molecular flexibility index (Phi) is 5.48. The molecule has 1 aromatic rings. The van der Waals surface area contributed by atoms with Crippen LogP contribution in [0.5, 0.6) is 5.75 Å². The largest absolute Gasteiger partial charge is 0.496 e. The summed E-state index contributed by atoms with van der Waals surface area (Å²) in [6.07, 6.45) is 0.602. The van der Waals surface area contributed by atoms with Gasteiger partial charge in [0.2, 0.25) is 0 Å². The van der Waals surface area contributed by atoms with Gasteiger partial charge < -0.3 is 14.7 Å². The second-order valence-electron chi connectivity index (χ2n) is 5.17. The SMILES string of the molecule is COc1cccc(N(C)CCC(C)C)c1[C@@H](C)O. The minimum absolute atomic E-state index is 0.530. The lowest BCUT2D eigenvalue weighted by Crippen LogP contribution is -2.22. The molecule has 1 rings (SSSR count). The fourth-order valence-corrected chi connectivity index (χ4v) is 2.04. The van der Waals surface area contributed by atoms with Crippen molar-refractivity contribution in [2.24, 2.45) is 5.92 Å². The van der Waals surface area contributed by atoms with Crippen LogP contribution < -0.4 is 9.64 Å². The number of ether oxygens (including phenoxy) is 1. The van der Waals surface area contributed by atoms with Gasteiger partial charge in [-0.25, -0.2) is 0 Å². The topological polar surface area (TPSA) is 32.7 Å². The van der Waals surface area contributed by atoms with E-state index in [9.17, 15) is 5.11 Å². The molecule has 0 aromatic heterocycles. The molecule has 0 fully saturated rings. The zero-order valence-corrected chi connectivity index (χ0v) is 12.1. The molecular formula is C15H25NO2. The molecule has 3 nitrogen and oxygen atoms in total. The molecular weight excluding hydrogens is 226 g/mol. The fraction of sp³-hybridized carbons (Fsp3) is 0.600. The predicted molar refractivity (Wildman–Crippen MR) is 76.4 cm³/mol. The number of aliphatic hydroxyl groups excluding tert-OH is 1. The van der Waals surface area contributed by atoms with Gasteiger partial charge in [0.15, 0.2) is 0 Å². The number of hydrogen-bond donors (Lipinski definition) is 1. The van der Waals surface area contributed by atoms with Gasteiger partial charge in [-0.2, -0.15) is 0 Å². The first-order valence-corrected chi connectivity index (χ1v) is 6.53. The van der Waals surface area contributed by atoms with E-state index in [1.165, 1.54) is 0 Å². The van der Waals surface area contributed by atoms with E-state index in [2.05, 4.69) is 25.8 Å². The Balaban J connectivity index is 2.99. The Morgan fingerprint density at radius 1 is 1.28 bits per heavy atom. The average Bonchev–Trinajstić information content (AvgIpc) is 2.34. The van der Waals surface area contributed by atoms with Crippen molar-refractivity contribution in [1.29, 1.82) is 0 Å². The summed E-state index contributed by atoms with van der Waals surface area (Å²) in [4.78, 5) is 2.19. The third kappa shape index (κ3) is 3.64. The molecule has 0 radical (unpaired) electrons. The van der Waals surface area contributed by atoms with Crippen molar-refractivity contribution >= 4 is 5.69 Å². The second kappa shape index (κ2) is 6.64. The molecule has 0 aliphatic rings. The smallest absolute Gasteiger partial charge is 0.126 e. The normalized spacial score (nSPS) is 12.6. The van der Waals surface area contributed by atoms with Crippen LogP contribution in [0.1, 0.15) is 38.9 Å². The molecule has 0 spiro atoms. The van der Waals surface area contributed by atoms with Crippen LogP contribution in [0.25, 0.3) is 0 Å². The fourth-order valence-electron chi connectivity index (χ4n) is 2.04. The van der Waals surface area contributed by atoms with Crippen molar-refractivity contribution in [2.75, 3.05) is 25.6 Å². The molecule has 3 heteroatoms. The summed E-state index contributed by atoms with van der Waals surface area (Å²) in [5.74, 6) is 1.42. The Morgan fingerprint density at radius 3 is 2.44 bits per heavy atom. The van der Waals surface area contributed by atoms with Gasteiger partial charge >= 0.3 is 0 Å². The maximum Gasteiger partial charge on any atom is 0.126 e. The highest BCUT2D eigenvalue weighted by molar-refractivity contribution is 5.60. The van der Waals surface area contributed by atoms with E-state index in [-0.39, 0.29) is 0 Å². The van der Waals surface area contributed by atoms with E-state index in [1.54, 1.807) is 14.0 Å². The van der Waals surface area contributed by atoms with Gasteiger partial charge in [0.25, 0.3) is 0 Å². The number of aliphatic hydroxyl groups is 1. The van der Waals surface area contributed by atoms with E-state index in [0.29, 0.717) is 5.92 Å². The van der Waals surface area contributed by atoms with Crippen LogP contribution in [-0.2, 0) is 0 Å². The van der Waals surface area contributed by atoms with E-state index in [1.807, 2.05) is 18.2 Å². The lowest BCUT2D eigenvalue weighted by atomic mass is 10.0. The maximum atomic E-state index is 9.94. The van der Waals surface area contributed by atoms with Crippen molar-refractivity contribution < 1.29 is 9.84 Å². The van der Waals surface area contributed by atoms with Gasteiger partial charge in [0, 0.05) is 24.8 Å². The predicted octanol–water partition coefficient (Wildman–Crippen LogP) is 3.23. The molecule has 1 aromatic carbocycles. The van der Waals surface area contributed by atoms with E-state index in [0.717, 1.165) is 30.0 Å². The quantitative estimate of drug-likeness (QED) is 0.842. The molecule has 0 aliphatic heterocycles. The van der Waals surface area contributed by atoms with Crippen LogP contribution in [0.2, 0.25) is 0 Å². The first-order valence-electron chi connectivity index (χ1n) is 6.53. The number of nitrogens with zero attached hydrogens (tertiary/aromatic N) is 1. The van der Waals surface area contributed by atoms with Gasteiger partial charge in [-0.1, -0.05) is 19.9 Å². The van der Waals surface area contributed by atoms with Crippen molar-refractivity contribution in [3.63, 3.8) is 0 Å². The molecule has 0 saturated carbocycles. The number of methoxy groups -OCH3 is 1. The van der Waals surface area contributed by atoms with Crippen LogP contribution in [0.4, 0.5) is 5.69 Å². The Morgan fingerprint density at radius 2 is 1.94 bits per heavy atom. The molecule has 0 amide bonds. The summed E-state index contributed by atoms with van der Waals surface area (Å²) >= 11 is 0. The molecule has 0 unspecified atom stereocenters. The van der Waals surface area contributed by atoms with Crippen LogP contribution in [-0.4, -0.2) is 25.8 Å². The average molecular weight is 251 g/mol. The Hall–Kier alpha value is -1.22. The summed E-state index contributed by atoms with van der Waals surface area (Å²) in [5.41, 5.74) is 1.91. The van der Waals surface area contributed by atoms with E-state index < -0.39 is 6.10 Å². The molecule has 102 valence electrons.